The number of nitrogens with two attached hydrogens (primary N) is 1. The van der Waals surface area contributed by atoms with Gasteiger partial charge in [-0.3, -0.25) is 0 Å². The van der Waals surface area contributed by atoms with E-state index in [0.29, 0.717) is 12.5 Å². The lowest BCUT2D eigenvalue weighted by Gasteiger charge is -2.21. The van der Waals surface area contributed by atoms with Crippen LogP contribution in [0.2, 0.25) is 0 Å². The van der Waals surface area contributed by atoms with E-state index in [4.69, 9.17) is 14.9 Å². The highest BCUT2D eigenvalue weighted by molar-refractivity contribution is 5.85. The van der Waals surface area contributed by atoms with Gasteiger partial charge in [0.15, 0.2) is 5.58 Å². The lowest BCUT2D eigenvalue weighted by molar-refractivity contribution is 0.0194. The molecule has 26 heavy (non-hydrogen) atoms. The van der Waals surface area contributed by atoms with E-state index in [1.54, 1.807) is 0 Å². The van der Waals surface area contributed by atoms with E-state index in [9.17, 15) is 0 Å². The van der Waals surface area contributed by atoms with Gasteiger partial charge in [0, 0.05) is 11.6 Å². The minimum Gasteiger partial charge on any atom is -0.436 e. The molecule has 0 spiro atoms. The number of hydrogen-bond acceptors (Lipinski definition) is 4. The predicted molar refractivity (Wildman–Crippen MR) is 106 cm³/mol. The van der Waals surface area contributed by atoms with E-state index >= 15 is 0 Å². The maximum Gasteiger partial charge on any atom is 0.227 e. The van der Waals surface area contributed by atoms with E-state index in [-0.39, 0.29) is 24.6 Å². The fourth-order valence-corrected chi connectivity index (χ4v) is 3.45. The van der Waals surface area contributed by atoms with Gasteiger partial charge in [-0.05, 0) is 42.7 Å². The van der Waals surface area contributed by atoms with Crippen LogP contribution < -0.4 is 5.73 Å². The molecule has 3 aromatic rings. The lowest BCUT2D eigenvalue weighted by Crippen LogP contribution is -2.35. The van der Waals surface area contributed by atoms with Crippen molar-refractivity contribution in [3.05, 3.63) is 54.1 Å². The van der Waals surface area contributed by atoms with Crippen molar-refractivity contribution < 1.29 is 9.15 Å². The Kier molecular flexibility index (Phi) is 6.30. The Labute approximate surface area is 160 Å². The normalized spacial score (nSPS) is 20.5. The van der Waals surface area contributed by atoms with Crippen LogP contribution in [-0.4, -0.2) is 17.1 Å². The third-order valence-electron chi connectivity index (χ3n) is 4.96. The molecule has 2 atom stereocenters. The summed E-state index contributed by atoms with van der Waals surface area (Å²) in [4.78, 5) is 4.54. The first-order valence-corrected chi connectivity index (χ1v) is 9.12. The third kappa shape index (κ3) is 4.26. The van der Waals surface area contributed by atoms with Gasteiger partial charge in [-0.15, -0.1) is 12.4 Å². The van der Waals surface area contributed by atoms with Crippen LogP contribution in [0.15, 0.2) is 52.9 Å². The number of para-hydroxylation sites is 2. The number of rotatable bonds is 4. The summed E-state index contributed by atoms with van der Waals surface area (Å²) in [5.74, 6) is 0.652. The van der Waals surface area contributed by atoms with Crippen molar-refractivity contribution in [2.75, 3.05) is 0 Å². The molecule has 2 N–H and O–H groups in total. The quantitative estimate of drug-likeness (QED) is 0.647. The average Bonchev–Trinajstić information content (AvgIpc) is 2.97. The Morgan fingerprint density at radius 1 is 1.00 bits per heavy atom. The van der Waals surface area contributed by atoms with Crippen LogP contribution in [-0.2, 0) is 11.3 Å². The molecule has 1 saturated carbocycles. The second kappa shape index (κ2) is 8.67. The van der Waals surface area contributed by atoms with Crippen molar-refractivity contribution in [2.24, 2.45) is 5.73 Å². The molecule has 1 fully saturated rings. The van der Waals surface area contributed by atoms with Gasteiger partial charge in [0.2, 0.25) is 5.89 Å². The van der Waals surface area contributed by atoms with E-state index in [1.165, 1.54) is 19.3 Å². The summed E-state index contributed by atoms with van der Waals surface area (Å²) < 4.78 is 11.9. The second-order valence-corrected chi connectivity index (χ2v) is 6.83. The maximum atomic E-state index is 6.23. The van der Waals surface area contributed by atoms with Crippen molar-refractivity contribution in [3.63, 3.8) is 0 Å². The third-order valence-corrected chi connectivity index (χ3v) is 4.96. The largest absolute Gasteiger partial charge is 0.436 e. The fourth-order valence-electron chi connectivity index (χ4n) is 3.45. The Hall–Kier alpha value is -1.88. The zero-order valence-electron chi connectivity index (χ0n) is 14.8. The SMILES string of the molecule is Cl.N[C@@H]1CCCCC[C@H]1OCc1ccc(-c2nc3ccccc3o2)cc1. The molecule has 0 radical (unpaired) electrons. The molecule has 5 heteroatoms. The number of hydrogen-bond donors (Lipinski definition) is 1. The van der Waals surface area contributed by atoms with Gasteiger partial charge in [0.1, 0.15) is 5.52 Å². The summed E-state index contributed by atoms with van der Waals surface area (Å²) in [5, 5.41) is 0. The predicted octanol–water partition coefficient (Wildman–Crippen LogP) is 5.09. The van der Waals surface area contributed by atoms with Crippen LogP contribution in [0.1, 0.15) is 37.7 Å². The molecule has 1 aromatic heterocycles. The van der Waals surface area contributed by atoms with Crippen molar-refractivity contribution in [1.82, 2.24) is 4.98 Å². The molecule has 4 nitrogen and oxygen atoms in total. The van der Waals surface area contributed by atoms with E-state index in [2.05, 4.69) is 17.1 Å². The highest BCUT2D eigenvalue weighted by Gasteiger charge is 2.20. The summed E-state index contributed by atoms with van der Waals surface area (Å²) in [6.45, 7) is 0.603. The van der Waals surface area contributed by atoms with Crippen LogP contribution in [0.4, 0.5) is 0 Å². The molecule has 0 amide bonds. The highest BCUT2D eigenvalue weighted by Crippen LogP contribution is 2.25. The molecular formula is C21H25ClN2O2. The Bertz CT molecular complexity index is 798. The van der Waals surface area contributed by atoms with Gasteiger partial charge in [0.05, 0.1) is 12.7 Å². The van der Waals surface area contributed by atoms with Gasteiger partial charge in [-0.1, -0.05) is 43.5 Å². The fraction of sp³-hybridized carbons (Fsp3) is 0.381. The second-order valence-electron chi connectivity index (χ2n) is 6.83. The smallest absolute Gasteiger partial charge is 0.227 e. The van der Waals surface area contributed by atoms with Crippen molar-refractivity contribution >= 4 is 23.5 Å². The number of oxazole rings is 1. The summed E-state index contributed by atoms with van der Waals surface area (Å²) in [5.41, 5.74) is 10.1. The average molecular weight is 373 g/mol. The number of ether oxygens (including phenoxy) is 1. The van der Waals surface area contributed by atoms with E-state index in [0.717, 1.165) is 35.1 Å². The van der Waals surface area contributed by atoms with Gasteiger partial charge in [-0.25, -0.2) is 4.98 Å². The minimum atomic E-state index is 0. The molecular weight excluding hydrogens is 348 g/mol. The maximum absolute atomic E-state index is 6.23. The van der Waals surface area contributed by atoms with Crippen LogP contribution in [0.25, 0.3) is 22.6 Å². The number of aromatic nitrogens is 1. The monoisotopic (exact) mass is 372 g/mol. The molecule has 1 aliphatic carbocycles. The first-order chi connectivity index (χ1) is 12.3. The Morgan fingerprint density at radius 2 is 1.77 bits per heavy atom. The molecule has 138 valence electrons. The number of halogens is 1. The van der Waals surface area contributed by atoms with Gasteiger partial charge in [-0.2, -0.15) is 0 Å². The molecule has 1 heterocycles. The zero-order valence-corrected chi connectivity index (χ0v) is 15.6. The number of nitrogens with zero attached hydrogens (tertiary/aromatic N) is 1. The van der Waals surface area contributed by atoms with Crippen molar-refractivity contribution in [2.45, 2.75) is 50.9 Å². The van der Waals surface area contributed by atoms with Crippen LogP contribution in [0, 0.1) is 0 Å². The van der Waals surface area contributed by atoms with Gasteiger partial charge >= 0.3 is 0 Å². The Balaban J connectivity index is 0.00000196. The zero-order chi connectivity index (χ0) is 17.1. The Morgan fingerprint density at radius 3 is 2.58 bits per heavy atom. The summed E-state index contributed by atoms with van der Waals surface area (Å²) in [7, 11) is 0. The topological polar surface area (TPSA) is 61.3 Å². The molecule has 2 aromatic carbocycles. The molecule has 0 unspecified atom stereocenters. The molecule has 4 rings (SSSR count). The van der Waals surface area contributed by atoms with Crippen molar-refractivity contribution in [3.8, 4) is 11.5 Å². The first kappa shape index (κ1) is 18.9. The summed E-state index contributed by atoms with van der Waals surface area (Å²) >= 11 is 0. The van der Waals surface area contributed by atoms with Crippen LogP contribution in [0.3, 0.4) is 0 Å². The van der Waals surface area contributed by atoms with Crippen molar-refractivity contribution in [1.29, 1.82) is 0 Å². The molecule has 0 aliphatic heterocycles. The molecule has 0 saturated heterocycles. The lowest BCUT2D eigenvalue weighted by atomic mass is 10.1. The molecule has 1 aliphatic rings. The van der Waals surface area contributed by atoms with Gasteiger partial charge in [0.25, 0.3) is 0 Å². The van der Waals surface area contributed by atoms with Crippen LogP contribution >= 0.6 is 12.4 Å². The summed E-state index contributed by atoms with van der Waals surface area (Å²) in [6.07, 6.45) is 6.03. The van der Waals surface area contributed by atoms with E-state index < -0.39 is 0 Å². The molecule has 0 bridgehead atoms. The minimum absolute atomic E-state index is 0. The first-order valence-electron chi connectivity index (χ1n) is 9.12. The van der Waals surface area contributed by atoms with E-state index in [1.807, 2.05) is 36.4 Å². The van der Waals surface area contributed by atoms with Gasteiger partial charge < -0.3 is 14.9 Å². The standard InChI is InChI=1S/C21H24N2O2.ClH/c22-17-6-2-1-3-8-19(17)24-14-15-10-12-16(13-11-15)21-23-18-7-4-5-9-20(18)25-21;/h4-5,7,9-13,17,19H,1-3,6,8,14,22H2;1H/t17-,19-;/m1./s1. The number of benzene rings is 2. The highest BCUT2D eigenvalue weighted by atomic mass is 35.5. The summed E-state index contributed by atoms with van der Waals surface area (Å²) in [6, 6.07) is 16.2. The number of fused-ring (bicyclic) bond motifs is 1. The van der Waals surface area contributed by atoms with Crippen LogP contribution in [0.5, 0.6) is 0 Å².